The largest absolute Gasteiger partial charge is 0.493 e. The molecule has 1 saturated heterocycles. The maximum atomic E-state index is 13.1. The number of hydrogen-bond acceptors (Lipinski definition) is 3. The van der Waals surface area contributed by atoms with Crippen molar-refractivity contribution >= 4 is 23.4 Å². The zero-order valence-corrected chi connectivity index (χ0v) is 20.2. The van der Waals surface area contributed by atoms with Crippen LogP contribution in [0, 0.1) is 11.2 Å². The first-order chi connectivity index (χ1) is 16.4. The van der Waals surface area contributed by atoms with Crippen LogP contribution in [0.3, 0.4) is 0 Å². The standard InChI is InChI=1S/C27H32ClFN2O3/c28-21-7-10-24-23(18-21)26(33)30-19-27(12-2-1-3-17-34-24)13-15-31(16-14-27)25(32)11-6-20-4-8-22(29)9-5-20/h4-5,7-10,18H,1-3,6,11-17,19H2,(H,30,33). The number of fused-ring (bicyclic) bond motifs is 1. The molecule has 0 atom stereocenters. The number of halogens is 2. The molecule has 0 bridgehead atoms. The van der Waals surface area contributed by atoms with Gasteiger partial charge in [-0.2, -0.15) is 0 Å². The number of piperidine rings is 1. The van der Waals surface area contributed by atoms with Gasteiger partial charge in [0.15, 0.2) is 0 Å². The lowest BCUT2D eigenvalue weighted by molar-refractivity contribution is -0.133. The Labute approximate surface area is 205 Å². The molecule has 0 radical (unpaired) electrons. The Kier molecular flexibility index (Phi) is 8.09. The number of nitrogens with one attached hydrogen (secondary N) is 1. The molecule has 5 nitrogen and oxygen atoms in total. The van der Waals surface area contributed by atoms with E-state index in [1.807, 2.05) is 4.90 Å². The molecule has 7 heteroatoms. The van der Waals surface area contributed by atoms with Gasteiger partial charge >= 0.3 is 0 Å². The van der Waals surface area contributed by atoms with E-state index in [4.69, 9.17) is 16.3 Å². The summed E-state index contributed by atoms with van der Waals surface area (Å²) in [6.07, 6.45) is 6.88. The first-order valence-corrected chi connectivity index (χ1v) is 12.5. The van der Waals surface area contributed by atoms with Gasteiger partial charge in [-0.05, 0) is 73.4 Å². The molecule has 1 N–H and O–H groups in total. The minimum absolute atomic E-state index is 0.0117. The third kappa shape index (κ3) is 6.29. The molecule has 4 rings (SSSR count). The zero-order valence-electron chi connectivity index (χ0n) is 19.5. The van der Waals surface area contributed by atoms with Gasteiger partial charge < -0.3 is 15.0 Å². The molecule has 34 heavy (non-hydrogen) atoms. The van der Waals surface area contributed by atoms with E-state index in [-0.39, 0.29) is 23.0 Å². The van der Waals surface area contributed by atoms with Gasteiger partial charge in [0.25, 0.3) is 5.91 Å². The monoisotopic (exact) mass is 486 g/mol. The Morgan fingerprint density at radius 3 is 2.59 bits per heavy atom. The van der Waals surface area contributed by atoms with Crippen LogP contribution in [0.1, 0.15) is 60.9 Å². The summed E-state index contributed by atoms with van der Waals surface area (Å²) in [7, 11) is 0. The predicted molar refractivity (Wildman–Crippen MR) is 131 cm³/mol. The molecule has 1 spiro atoms. The van der Waals surface area contributed by atoms with Crippen molar-refractivity contribution in [3.05, 3.63) is 64.4 Å². The Bertz CT molecular complexity index is 1000. The Morgan fingerprint density at radius 2 is 1.82 bits per heavy atom. The summed E-state index contributed by atoms with van der Waals surface area (Å²) in [5, 5.41) is 3.63. The van der Waals surface area contributed by atoms with Crippen molar-refractivity contribution in [3.8, 4) is 5.75 Å². The van der Waals surface area contributed by atoms with E-state index >= 15 is 0 Å². The fourth-order valence-electron chi connectivity index (χ4n) is 4.94. The van der Waals surface area contributed by atoms with Gasteiger partial charge in [-0.25, -0.2) is 4.39 Å². The Morgan fingerprint density at radius 1 is 1.06 bits per heavy atom. The van der Waals surface area contributed by atoms with Crippen molar-refractivity contribution < 1.29 is 18.7 Å². The molecule has 182 valence electrons. The van der Waals surface area contributed by atoms with Gasteiger partial charge in [0.2, 0.25) is 5.91 Å². The minimum Gasteiger partial charge on any atom is -0.493 e. The van der Waals surface area contributed by atoms with Crippen molar-refractivity contribution in [2.75, 3.05) is 26.2 Å². The molecule has 2 aromatic carbocycles. The number of carbonyl (C=O) groups is 2. The second-order valence-corrected chi connectivity index (χ2v) is 9.93. The van der Waals surface area contributed by atoms with E-state index in [1.165, 1.54) is 12.1 Å². The van der Waals surface area contributed by atoms with E-state index in [0.717, 1.165) is 44.1 Å². The zero-order chi connectivity index (χ0) is 24.0. The average molecular weight is 487 g/mol. The van der Waals surface area contributed by atoms with Gasteiger partial charge in [-0.15, -0.1) is 0 Å². The molecule has 0 saturated carbocycles. The number of rotatable bonds is 3. The van der Waals surface area contributed by atoms with Crippen LogP contribution in [0.4, 0.5) is 4.39 Å². The van der Waals surface area contributed by atoms with Crippen molar-refractivity contribution in [1.82, 2.24) is 10.2 Å². The number of nitrogens with zero attached hydrogens (tertiary/aromatic N) is 1. The highest BCUT2D eigenvalue weighted by Crippen LogP contribution is 2.37. The lowest BCUT2D eigenvalue weighted by atomic mass is 9.74. The second-order valence-electron chi connectivity index (χ2n) is 9.49. The van der Waals surface area contributed by atoms with Gasteiger partial charge in [-0.3, -0.25) is 9.59 Å². The molecule has 0 aromatic heterocycles. The van der Waals surface area contributed by atoms with Gasteiger partial charge in [0.05, 0.1) is 12.2 Å². The normalized spacial score (nSPS) is 18.8. The second kappa shape index (κ2) is 11.2. The molecule has 2 amide bonds. The molecular formula is C27H32ClFN2O3. The highest BCUT2D eigenvalue weighted by Gasteiger charge is 2.36. The topological polar surface area (TPSA) is 58.6 Å². The first-order valence-electron chi connectivity index (χ1n) is 12.2. The third-order valence-corrected chi connectivity index (χ3v) is 7.37. The summed E-state index contributed by atoms with van der Waals surface area (Å²) in [6.45, 7) is 2.55. The first kappa shape index (κ1) is 24.5. The molecule has 0 aliphatic carbocycles. The van der Waals surface area contributed by atoms with Crippen molar-refractivity contribution in [1.29, 1.82) is 0 Å². The maximum Gasteiger partial charge on any atom is 0.255 e. The lowest BCUT2D eigenvalue weighted by Crippen LogP contribution is -2.48. The molecule has 1 fully saturated rings. The minimum atomic E-state index is -0.264. The van der Waals surface area contributed by atoms with Gasteiger partial charge in [-0.1, -0.05) is 36.6 Å². The summed E-state index contributed by atoms with van der Waals surface area (Å²) in [6, 6.07) is 11.5. The van der Waals surface area contributed by atoms with Crippen LogP contribution in [0.2, 0.25) is 5.02 Å². The number of carbonyl (C=O) groups excluding carboxylic acids is 2. The number of ether oxygens (including phenoxy) is 1. The quantitative estimate of drug-likeness (QED) is 0.631. The Hall–Kier alpha value is -2.60. The van der Waals surface area contributed by atoms with Crippen LogP contribution >= 0.6 is 11.6 Å². The van der Waals surface area contributed by atoms with Crippen LogP contribution in [0.15, 0.2) is 42.5 Å². The molecule has 2 aromatic rings. The van der Waals surface area contributed by atoms with Crippen LogP contribution in [0.5, 0.6) is 5.75 Å². The number of benzene rings is 2. The SMILES string of the molecule is O=C1NCC2(CCCCCOc3ccc(Cl)cc31)CCN(C(=O)CCc1ccc(F)cc1)CC2. The van der Waals surface area contributed by atoms with E-state index in [9.17, 15) is 14.0 Å². The van der Waals surface area contributed by atoms with Crippen molar-refractivity contribution in [3.63, 3.8) is 0 Å². The third-order valence-electron chi connectivity index (χ3n) is 7.14. The lowest BCUT2D eigenvalue weighted by Gasteiger charge is -2.42. The highest BCUT2D eigenvalue weighted by atomic mass is 35.5. The fourth-order valence-corrected chi connectivity index (χ4v) is 5.11. The number of hydrogen-bond donors (Lipinski definition) is 1. The molecular weight excluding hydrogens is 455 g/mol. The van der Waals surface area contributed by atoms with Crippen LogP contribution in [0.25, 0.3) is 0 Å². The summed E-state index contributed by atoms with van der Waals surface area (Å²) in [4.78, 5) is 27.7. The molecule has 2 heterocycles. The summed E-state index contributed by atoms with van der Waals surface area (Å²) in [5.41, 5.74) is 1.42. The van der Waals surface area contributed by atoms with Gasteiger partial charge in [0, 0.05) is 31.1 Å². The summed E-state index contributed by atoms with van der Waals surface area (Å²) < 4.78 is 18.9. The smallest absolute Gasteiger partial charge is 0.255 e. The molecule has 0 unspecified atom stereocenters. The predicted octanol–water partition coefficient (Wildman–Crippen LogP) is 5.40. The van der Waals surface area contributed by atoms with E-state index < -0.39 is 0 Å². The maximum absolute atomic E-state index is 13.1. The van der Waals surface area contributed by atoms with E-state index in [0.29, 0.717) is 55.4 Å². The fraction of sp³-hybridized carbons (Fsp3) is 0.481. The van der Waals surface area contributed by atoms with Crippen LogP contribution in [-0.4, -0.2) is 43.0 Å². The van der Waals surface area contributed by atoms with E-state index in [1.54, 1.807) is 30.3 Å². The van der Waals surface area contributed by atoms with Gasteiger partial charge in [0.1, 0.15) is 11.6 Å². The number of aryl methyl sites for hydroxylation is 1. The summed E-state index contributed by atoms with van der Waals surface area (Å²) in [5.74, 6) is 0.269. The van der Waals surface area contributed by atoms with Crippen molar-refractivity contribution in [2.45, 2.75) is 51.4 Å². The average Bonchev–Trinajstić information content (AvgIpc) is 2.84. The van der Waals surface area contributed by atoms with Crippen molar-refractivity contribution in [2.24, 2.45) is 5.41 Å². The van der Waals surface area contributed by atoms with Crippen LogP contribution in [-0.2, 0) is 11.2 Å². The molecule has 2 aliphatic heterocycles. The summed E-state index contributed by atoms with van der Waals surface area (Å²) >= 11 is 6.14. The van der Waals surface area contributed by atoms with Crippen LogP contribution < -0.4 is 10.1 Å². The number of amides is 2. The highest BCUT2D eigenvalue weighted by molar-refractivity contribution is 6.31. The van der Waals surface area contributed by atoms with E-state index in [2.05, 4.69) is 5.32 Å². The molecule has 2 aliphatic rings. The Balaban J connectivity index is 1.36. The number of likely N-dealkylation sites (tertiary alicyclic amines) is 1.